The van der Waals surface area contributed by atoms with Gasteiger partial charge in [-0.2, -0.15) is 0 Å². The minimum absolute atomic E-state index is 0.0137. The monoisotopic (exact) mass is 379 g/mol. The fourth-order valence-electron chi connectivity index (χ4n) is 5.65. The standard InChI is InChI=1S/C17H21N3O7/c18-9-4-10-12-13(14(9)24-10)16(23)20(15(12)22)5-11(21)19-17-25-6-1-7(26-17)3-8(2-6)27-17/h6-10,12-14H,1-5,18H2,(H,19,21). The van der Waals surface area contributed by atoms with Crippen molar-refractivity contribution in [2.24, 2.45) is 17.6 Å². The number of likely N-dealkylation sites (tertiary alicyclic amines) is 1. The van der Waals surface area contributed by atoms with Gasteiger partial charge in [0.1, 0.15) is 6.54 Å². The lowest BCUT2D eigenvalue weighted by Crippen LogP contribution is -2.69. The molecule has 0 aromatic heterocycles. The Kier molecular flexibility index (Phi) is 3.19. The zero-order chi connectivity index (χ0) is 18.5. The van der Waals surface area contributed by atoms with Crippen LogP contribution in [0.1, 0.15) is 25.7 Å². The first kappa shape index (κ1) is 16.4. The summed E-state index contributed by atoms with van der Waals surface area (Å²) in [5.41, 5.74) is 5.99. The molecule has 7 rings (SSSR count). The topological polar surface area (TPSA) is 129 Å². The van der Waals surface area contributed by atoms with E-state index in [0.717, 1.165) is 24.2 Å². The van der Waals surface area contributed by atoms with Crippen LogP contribution < -0.4 is 11.1 Å². The Hall–Kier alpha value is -1.59. The van der Waals surface area contributed by atoms with E-state index in [4.69, 9.17) is 24.7 Å². The van der Waals surface area contributed by atoms with E-state index in [2.05, 4.69) is 5.32 Å². The van der Waals surface area contributed by atoms with Crippen LogP contribution in [0.3, 0.4) is 0 Å². The first-order valence-electron chi connectivity index (χ1n) is 9.53. The molecule has 5 atom stereocenters. The van der Waals surface area contributed by atoms with Crippen LogP contribution in [0.2, 0.25) is 0 Å². The molecular formula is C17H21N3O7. The summed E-state index contributed by atoms with van der Waals surface area (Å²) in [6.07, 6.45) is 0.500. The minimum Gasteiger partial charge on any atom is -0.372 e. The average molecular weight is 379 g/mol. The summed E-state index contributed by atoms with van der Waals surface area (Å²) in [4.78, 5) is 39.0. The van der Waals surface area contributed by atoms with E-state index in [1.807, 2.05) is 0 Å². The van der Waals surface area contributed by atoms with Crippen molar-refractivity contribution >= 4 is 17.7 Å². The van der Waals surface area contributed by atoms with E-state index in [9.17, 15) is 14.4 Å². The third-order valence-corrected chi connectivity index (χ3v) is 6.64. The molecule has 1 saturated carbocycles. The molecule has 0 radical (unpaired) electrons. The lowest BCUT2D eigenvalue weighted by Gasteiger charge is -2.54. The molecular weight excluding hydrogens is 358 g/mol. The molecule has 6 bridgehead atoms. The van der Waals surface area contributed by atoms with Gasteiger partial charge in [-0.25, -0.2) is 0 Å². The lowest BCUT2D eigenvalue weighted by molar-refractivity contribution is -0.501. The highest BCUT2D eigenvalue weighted by atomic mass is 16.9. The molecule has 0 aromatic carbocycles. The number of nitrogens with two attached hydrogens (primary N) is 1. The van der Waals surface area contributed by atoms with Crippen molar-refractivity contribution in [3.63, 3.8) is 0 Å². The van der Waals surface area contributed by atoms with Gasteiger partial charge < -0.3 is 24.7 Å². The smallest absolute Gasteiger partial charge is 0.372 e. The van der Waals surface area contributed by atoms with Gasteiger partial charge in [0.2, 0.25) is 17.7 Å². The van der Waals surface area contributed by atoms with E-state index >= 15 is 0 Å². The van der Waals surface area contributed by atoms with Gasteiger partial charge in [0.25, 0.3) is 0 Å². The number of fused-ring (bicyclic) bond motifs is 5. The molecule has 3 amide bonds. The molecule has 7 aliphatic rings. The molecule has 3 N–H and O–H groups in total. The third kappa shape index (κ3) is 2.21. The van der Waals surface area contributed by atoms with Gasteiger partial charge in [0.05, 0.1) is 42.4 Å². The normalized spacial score (nSPS) is 52.0. The van der Waals surface area contributed by atoms with Gasteiger partial charge in [-0.1, -0.05) is 0 Å². The van der Waals surface area contributed by atoms with Crippen molar-refractivity contribution in [2.45, 2.75) is 68.3 Å². The second-order valence-corrected chi connectivity index (χ2v) is 8.38. The number of ether oxygens (including phenoxy) is 4. The maximum Gasteiger partial charge on any atom is 0.377 e. The van der Waals surface area contributed by atoms with Crippen LogP contribution in [0, 0.1) is 11.8 Å². The number of hydrogen-bond acceptors (Lipinski definition) is 8. The van der Waals surface area contributed by atoms with Crippen molar-refractivity contribution in [2.75, 3.05) is 6.54 Å². The zero-order valence-electron chi connectivity index (χ0n) is 14.5. The molecule has 6 heterocycles. The molecule has 0 aromatic rings. The van der Waals surface area contributed by atoms with Gasteiger partial charge in [0, 0.05) is 25.3 Å². The summed E-state index contributed by atoms with van der Waals surface area (Å²) in [5, 5.41) is 2.60. The number of nitrogens with one attached hydrogen (secondary N) is 1. The number of imide groups is 1. The Morgan fingerprint density at radius 2 is 1.63 bits per heavy atom. The molecule has 6 saturated heterocycles. The van der Waals surface area contributed by atoms with Gasteiger partial charge in [-0.05, 0) is 6.42 Å². The Morgan fingerprint density at radius 3 is 2.26 bits per heavy atom. The van der Waals surface area contributed by atoms with E-state index in [-0.39, 0.29) is 36.4 Å². The quantitative estimate of drug-likeness (QED) is 0.549. The van der Waals surface area contributed by atoms with Crippen LogP contribution in [0.25, 0.3) is 0 Å². The van der Waals surface area contributed by atoms with E-state index in [1.54, 1.807) is 0 Å². The van der Waals surface area contributed by atoms with Gasteiger partial charge in [0.15, 0.2) is 0 Å². The maximum absolute atomic E-state index is 12.7. The molecule has 10 heteroatoms. The third-order valence-electron chi connectivity index (χ3n) is 6.64. The van der Waals surface area contributed by atoms with Crippen molar-refractivity contribution in [3.8, 4) is 0 Å². The highest BCUT2D eigenvalue weighted by molar-refractivity contribution is 6.08. The van der Waals surface area contributed by atoms with E-state index < -0.39 is 42.4 Å². The molecule has 7 fully saturated rings. The molecule has 0 spiro atoms. The number of amides is 3. The molecule has 10 nitrogen and oxygen atoms in total. The summed E-state index contributed by atoms with van der Waals surface area (Å²) in [5.74, 6) is -2.43. The van der Waals surface area contributed by atoms with Crippen LogP contribution >= 0.6 is 0 Å². The Bertz CT molecular complexity index is 707. The largest absolute Gasteiger partial charge is 0.377 e. The predicted octanol–water partition coefficient (Wildman–Crippen LogP) is -1.82. The highest BCUT2D eigenvalue weighted by Crippen LogP contribution is 2.48. The first-order chi connectivity index (χ1) is 12.9. The summed E-state index contributed by atoms with van der Waals surface area (Å²) >= 11 is 0. The highest BCUT2D eigenvalue weighted by Gasteiger charge is 2.65. The molecule has 146 valence electrons. The number of rotatable bonds is 3. The van der Waals surface area contributed by atoms with Crippen LogP contribution in [-0.4, -0.2) is 71.8 Å². The number of hydrogen-bond donors (Lipinski definition) is 2. The van der Waals surface area contributed by atoms with Crippen molar-refractivity contribution < 1.29 is 33.3 Å². The number of carbonyl (C=O) groups excluding carboxylic acids is 3. The second-order valence-electron chi connectivity index (χ2n) is 8.38. The summed E-state index contributed by atoms with van der Waals surface area (Å²) in [7, 11) is 0. The molecule has 5 unspecified atom stereocenters. The number of carbonyl (C=O) groups is 3. The van der Waals surface area contributed by atoms with E-state index in [0.29, 0.717) is 6.42 Å². The Balaban J connectivity index is 1.16. The lowest BCUT2D eigenvalue weighted by atomic mass is 9.79. The van der Waals surface area contributed by atoms with Crippen LogP contribution in [-0.2, 0) is 33.3 Å². The van der Waals surface area contributed by atoms with Crippen molar-refractivity contribution in [1.82, 2.24) is 10.2 Å². The van der Waals surface area contributed by atoms with Crippen molar-refractivity contribution in [3.05, 3.63) is 0 Å². The minimum atomic E-state index is -1.60. The SMILES string of the molecule is NC1CC2OC1C1C(=O)N(CC(=O)NC34OC5CC(CC(C5)O3)O4)C(=O)C21. The number of nitrogens with zero attached hydrogens (tertiary/aromatic N) is 1. The fraction of sp³-hybridized carbons (Fsp3) is 0.824. The molecule has 6 aliphatic heterocycles. The predicted molar refractivity (Wildman–Crippen MR) is 84.3 cm³/mol. The first-order valence-corrected chi connectivity index (χ1v) is 9.53. The van der Waals surface area contributed by atoms with Gasteiger partial charge in [-0.3, -0.25) is 24.6 Å². The molecule has 27 heavy (non-hydrogen) atoms. The average Bonchev–Trinajstić information content (AvgIpc) is 3.20. The van der Waals surface area contributed by atoms with Crippen LogP contribution in [0.15, 0.2) is 0 Å². The second kappa shape index (κ2) is 5.26. The molecule has 1 aliphatic carbocycles. The summed E-state index contributed by atoms with van der Waals surface area (Å²) in [6.45, 7) is -0.392. The van der Waals surface area contributed by atoms with Crippen molar-refractivity contribution in [1.29, 1.82) is 0 Å². The Morgan fingerprint density at radius 1 is 1.04 bits per heavy atom. The van der Waals surface area contributed by atoms with Crippen LogP contribution in [0.5, 0.6) is 0 Å². The van der Waals surface area contributed by atoms with Gasteiger partial charge in [-0.15, -0.1) is 0 Å². The maximum atomic E-state index is 12.7. The Labute approximate surface area is 154 Å². The van der Waals surface area contributed by atoms with Crippen LogP contribution in [0.4, 0.5) is 0 Å². The zero-order valence-corrected chi connectivity index (χ0v) is 14.5. The van der Waals surface area contributed by atoms with E-state index in [1.165, 1.54) is 0 Å². The summed E-state index contributed by atoms with van der Waals surface area (Å²) < 4.78 is 22.9. The summed E-state index contributed by atoms with van der Waals surface area (Å²) in [6, 6.07) is -0.246. The fourth-order valence-corrected chi connectivity index (χ4v) is 5.65. The van der Waals surface area contributed by atoms with Gasteiger partial charge >= 0.3 is 6.10 Å².